The highest BCUT2D eigenvalue weighted by molar-refractivity contribution is 5.97. The first-order valence-corrected chi connectivity index (χ1v) is 9.42. The van der Waals surface area contributed by atoms with Crippen LogP contribution in [0.15, 0.2) is 24.3 Å². The summed E-state index contributed by atoms with van der Waals surface area (Å²) >= 11 is 0. The smallest absolute Gasteiger partial charge is 0.311 e. The van der Waals surface area contributed by atoms with E-state index in [2.05, 4.69) is 0 Å². The standard InChI is InChI=1S/C21H27NO4/c1-13(2)18(23)16-8-6-15(7-9-16)14(3)19(24)22-11-17-5-4-10-21(17,12-22)20(25)26/h6-9,13-14,17H,4-5,10-12H2,1-3H3,(H,25,26)/t14?,17-,21+/m0/s1. The molecule has 5 nitrogen and oxygen atoms in total. The molecule has 1 saturated carbocycles. The van der Waals surface area contributed by atoms with Crippen LogP contribution in [0.3, 0.4) is 0 Å². The third-order valence-electron chi connectivity index (χ3n) is 6.20. The molecule has 1 aromatic rings. The summed E-state index contributed by atoms with van der Waals surface area (Å²) in [6, 6.07) is 7.22. The van der Waals surface area contributed by atoms with Gasteiger partial charge in [-0.3, -0.25) is 14.4 Å². The first-order chi connectivity index (χ1) is 12.3. The Hall–Kier alpha value is -2.17. The molecule has 3 atom stereocenters. The molecule has 0 bridgehead atoms. The van der Waals surface area contributed by atoms with Gasteiger partial charge in [0, 0.05) is 24.6 Å². The molecule has 1 aliphatic heterocycles. The summed E-state index contributed by atoms with van der Waals surface area (Å²) in [6.45, 7) is 6.44. The predicted molar refractivity (Wildman–Crippen MR) is 98.0 cm³/mol. The van der Waals surface area contributed by atoms with Crippen molar-refractivity contribution in [3.63, 3.8) is 0 Å². The van der Waals surface area contributed by atoms with Crippen molar-refractivity contribution in [2.75, 3.05) is 13.1 Å². The minimum atomic E-state index is -0.764. The molecule has 1 N–H and O–H groups in total. The number of carbonyl (C=O) groups is 3. The number of aliphatic carboxylic acids is 1. The Morgan fingerprint density at radius 3 is 2.35 bits per heavy atom. The van der Waals surface area contributed by atoms with Crippen molar-refractivity contribution in [3.05, 3.63) is 35.4 Å². The fraction of sp³-hybridized carbons (Fsp3) is 0.571. The van der Waals surface area contributed by atoms with Crippen molar-refractivity contribution in [1.29, 1.82) is 0 Å². The summed E-state index contributed by atoms with van der Waals surface area (Å²) in [5.41, 5.74) is 0.767. The highest BCUT2D eigenvalue weighted by Gasteiger charge is 2.56. The second-order valence-electron chi connectivity index (χ2n) is 8.13. The maximum atomic E-state index is 12.9. The van der Waals surface area contributed by atoms with Crippen LogP contribution in [0.4, 0.5) is 0 Å². The predicted octanol–water partition coefficient (Wildman–Crippen LogP) is 3.34. The first-order valence-electron chi connectivity index (χ1n) is 9.42. The minimum Gasteiger partial charge on any atom is -0.481 e. The number of amides is 1. The Kier molecular flexibility index (Phi) is 4.91. The van der Waals surface area contributed by atoms with Crippen molar-refractivity contribution >= 4 is 17.7 Å². The number of likely N-dealkylation sites (tertiary alicyclic amines) is 1. The van der Waals surface area contributed by atoms with Gasteiger partial charge in [0.15, 0.2) is 5.78 Å². The topological polar surface area (TPSA) is 74.7 Å². The van der Waals surface area contributed by atoms with Crippen molar-refractivity contribution in [2.45, 2.75) is 46.0 Å². The van der Waals surface area contributed by atoms with E-state index in [0.29, 0.717) is 25.1 Å². The maximum Gasteiger partial charge on any atom is 0.311 e. The van der Waals surface area contributed by atoms with Gasteiger partial charge in [-0.2, -0.15) is 0 Å². The van der Waals surface area contributed by atoms with Crippen LogP contribution in [0.2, 0.25) is 0 Å². The summed E-state index contributed by atoms with van der Waals surface area (Å²) in [5.74, 6) is -1.03. The first kappa shape index (κ1) is 18.6. The quantitative estimate of drug-likeness (QED) is 0.820. The van der Waals surface area contributed by atoms with Gasteiger partial charge in [0.2, 0.25) is 5.91 Å². The lowest BCUT2D eigenvalue weighted by atomic mass is 9.81. The van der Waals surface area contributed by atoms with Crippen LogP contribution in [0, 0.1) is 17.3 Å². The highest BCUT2D eigenvalue weighted by Crippen LogP contribution is 2.49. The second kappa shape index (κ2) is 6.86. The molecular weight excluding hydrogens is 330 g/mol. The van der Waals surface area contributed by atoms with Crippen LogP contribution >= 0.6 is 0 Å². The number of carboxylic acid groups (broad SMARTS) is 1. The summed E-state index contributed by atoms with van der Waals surface area (Å²) in [4.78, 5) is 38.5. The zero-order chi connectivity index (χ0) is 19.1. The number of carbonyl (C=O) groups excluding carboxylic acids is 2. The lowest BCUT2D eigenvalue weighted by Crippen LogP contribution is -2.38. The van der Waals surface area contributed by atoms with E-state index in [0.717, 1.165) is 18.4 Å². The molecule has 2 aliphatic rings. The Bertz CT molecular complexity index is 724. The van der Waals surface area contributed by atoms with Crippen molar-refractivity contribution in [2.24, 2.45) is 17.3 Å². The minimum absolute atomic E-state index is 0.0250. The molecule has 5 heteroatoms. The van der Waals surface area contributed by atoms with Crippen LogP contribution < -0.4 is 0 Å². The fourth-order valence-corrected chi connectivity index (χ4v) is 4.49. The van der Waals surface area contributed by atoms with E-state index in [9.17, 15) is 19.5 Å². The maximum absolute atomic E-state index is 12.9. The molecule has 1 aromatic carbocycles. The average Bonchev–Trinajstić information content (AvgIpc) is 3.18. The number of rotatable bonds is 5. The second-order valence-corrected chi connectivity index (χ2v) is 8.13. The van der Waals surface area contributed by atoms with Crippen molar-refractivity contribution in [1.82, 2.24) is 4.90 Å². The fourth-order valence-electron chi connectivity index (χ4n) is 4.49. The molecule has 26 heavy (non-hydrogen) atoms. The molecule has 1 saturated heterocycles. The normalized spacial score (nSPS) is 26.0. The van der Waals surface area contributed by atoms with Gasteiger partial charge in [-0.25, -0.2) is 0 Å². The van der Waals surface area contributed by atoms with E-state index in [1.807, 2.05) is 32.9 Å². The molecule has 1 aliphatic carbocycles. The van der Waals surface area contributed by atoms with E-state index in [-0.39, 0.29) is 29.4 Å². The van der Waals surface area contributed by atoms with Gasteiger partial charge >= 0.3 is 5.97 Å². The van der Waals surface area contributed by atoms with Crippen LogP contribution in [-0.4, -0.2) is 40.8 Å². The number of hydrogen-bond acceptors (Lipinski definition) is 3. The van der Waals surface area contributed by atoms with Crippen LogP contribution in [0.1, 0.15) is 61.9 Å². The molecule has 140 valence electrons. The summed E-state index contributed by atoms with van der Waals surface area (Å²) in [5, 5.41) is 9.69. The third-order valence-corrected chi connectivity index (χ3v) is 6.20. The Morgan fingerprint density at radius 1 is 1.15 bits per heavy atom. The molecule has 0 spiro atoms. The summed E-state index contributed by atoms with van der Waals surface area (Å²) in [6.07, 6.45) is 2.48. The number of hydrogen-bond donors (Lipinski definition) is 1. The molecule has 1 unspecified atom stereocenters. The molecule has 1 heterocycles. The van der Waals surface area contributed by atoms with Gasteiger partial charge < -0.3 is 10.0 Å². The van der Waals surface area contributed by atoms with E-state index >= 15 is 0 Å². The molecule has 2 fully saturated rings. The van der Waals surface area contributed by atoms with Crippen LogP contribution in [0.25, 0.3) is 0 Å². The Morgan fingerprint density at radius 2 is 1.81 bits per heavy atom. The number of ketones is 1. The van der Waals surface area contributed by atoms with Crippen LogP contribution in [0.5, 0.6) is 0 Å². The van der Waals surface area contributed by atoms with Crippen molar-refractivity contribution in [3.8, 4) is 0 Å². The van der Waals surface area contributed by atoms with E-state index in [1.165, 1.54) is 0 Å². The number of nitrogens with zero attached hydrogens (tertiary/aromatic N) is 1. The number of benzene rings is 1. The van der Waals surface area contributed by atoms with Gasteiger partial charge in [-0.05, 0) is 31.2 Å². The monoisotopic (exact) mass is 357 g/mol. The largest absolute Gasteiger partial charge is 0.481 e. The summed E-state index contributed by atoms with van der Waals surface area (Å²) in [7, 11) is 0. The van der Waals surface area contributed by atoms with Gasteiger partial charge in [0.25, 0.3) is 0 Å². The van der Waals surface area contributed by atoms with Crippen LogP contribution in [-0.2, 0) is 9.59 Å². The molecule has 0 radical (unpaired) electrons. The molecule has 1 amide bonds. The SMILES string of the molecule is CC(C)C(=O)c1ccc(C(C)C(=O)N2C[C@@H]3CCC[C@@]3(C(=O)O)C2)cc1. The van der Waals surface area contributed by atoms with E-state index in [4.69, 9.17) is 0 Å². The van der Waals surface area contributed by atoms with Gasteiger partial charge in [0.1, 0.15) is 0 Å². The molecular formula is C21H27NO4. The van der Waals surface area contributed by atoms with E-state index < -0.39 is 11.4 Å². The third kappa shape index (κ3) is 3.04. The van der Waals surface area contributed by atoms with Crippen molar-refractivity contribution < 1.29 is 19.5 Å². The van der Waals surface area contributed by atoms with Gasteiger partial charge in [0.05, 0.1) is 11.3 Å². The average molecular weight is 357 g/mol. The molecule has 0 aromatic heterocycles. The highest BCUT2D eigenvalue weighted by atomic mass is 16.4. The number of fused-ring (bicyclic) bond motifs is 1. The summed E-state index contributed by atoms with van der Waals surface area (Å²) < 4.78 is 0. The Balaban J connectivity index is 1.73. The van der Waals surface area contributed by atoms with Gasteiger partial charge in [-0.1, -0.05) is 44.5 Å². The lowest BCUT2D eigenvalue weighted by Gasteiger charge is -2.25. The van der Waals surface area contributed by atoms with E-state index in [1.54, 1.807) is 17.0 Å². The Labute approximate surface area is 154 Å². The number of carboxylic acids is 1. The van der Waals surface area contributed by atoms with Gasteiger partial charge in [-0.15, -0.1) is 0 Å². The lowest BCUT2D eigenvalue weighted by molar-refractivity contribution is -0.149. The zero-order valence-corrected chi connectivity index (χ0v) is 15.7. The number of Topliss-reactive ketones (excluding diaryl/α,β-unsaturated/α-hetero) is 1. The molecule has 3 rings (SSSR count). The zero-order valence-electron chi connectivity index (χ0n) is 15.7.